The molecule has 0 aliphatic heterocycles. The second-order valence-corrected chi connectivity index (χ2v) is 5.01. The average Bonchev–Trinajstić information content (AvgIpc) is 2.39. The Hall–Kier alpha value is -0.970. The molecule has 0 heterocycles. The normalized spacial score (nSPS) is 10.2. The Morgan fingerprint density at radius 1 is 1.05 bits per heavy atom. The van der Waals surface area contributed by atoms with Gasteiger partial charge in [0, 0.05) is 12.5 Å². The smallest absolute Gasteiger partial charge is 0.351 e. The monoisotopic (exact) mass is 337 g/mol. The molecule has 109 valence electrons. The van der Waals surface area contributed by atoms with Gasteiger partial charge in [0.2, 0.25) is 0 Å². The number of benzene rings is 1. The van der Waals surface area contributed by atoms with Crippen molar-refractivity contribution in [3.63, 3.8) is 0 Å². The zero-order valence-electron chi connectivity index (χ0n) is 10.5. The van der Waals surface area contributed by atoms with Gasteiger partial charge in [0.15, 0.2) is 6.61 Å². The molecule has 0 aliphatic rings. The summed E-state index contributed by atoms with van der Waals surface area (Å²) in [5, 5.41) is 0.719. The fourth-order valence-corrected chi connectivity index (χ4v) is 1.82. The van der Waals surface area contributed by atoms with Crippen molar-refractivity contribution in [1.29, 1.82) is 0 Å². The second kappa shape index (κ2) is 8.35. The van der Waals surface area contributed by atoms with Crippen molar-refractivity contribution >= 4 is 46.7 Å². The first-order chi connectivity index (χ1) is 9.43. The molecule has 1 rings (SSSR count). The van der Waals surface area contributed by atoms with E-state index in [0.717, 1.165) is 0 Å². The Balaban J connectivity index is 2.49. The van der Waals surface area contributed by atoms with Crippen molar-refractivity contribution < 1.29 is 19.1 Å². The SMILES string of the molecule is [CH2]CCCC(=O)OC(=O)COc1cc(Cl)c(Cl)cc1Cl. The molecule has 0 atom stereocenters. The Kier molecular flexibility index (Phi) is 7.13. The fraction of sp³-hybridized carbons (Fsp3) is 0.308. The van der Waals surface area contributed by atoms with Crippen LogP contribution in [0.5, 0.6) is 5.75 Å². The lowest BCUT2D eigenvalue weighted by atomic mass is 10.2. The summed E-state index contributed by atoms with van der Waals surface area (Å²) in [4.78, 5) is 22.6. The minimum Gasteiger partial charge on any atom is -0.480 e. The molecule has 1 radical (unpaired) electrons. The maximum Gasteiger partial charge on any atom is 0.351 e. The number of carbonyl (C=O) groups is 2. The van der Waals surface area contributed by atoms with Gasteiger partial charge in [-0.2, -0.15) is 0 Å². The first kappa shape index (κ1) is 17.1. The summed E-state index contributed by atoms with van der Waals surface area (Å²) >= 11 is 17.4. The lowest BCUT2D eigenvalue weighted by Gasteiger charge is -2.08. The van der Waals surface area contributed by atoms with Gasteiger partial charge in [-0.25, -0.2) is 4.79 Å². The van der Waals surface area contributed by atoms with Crippen molar-refractivity contribution in [2.24, 2.45) is 0 Å². The molecule has 0 fully saturated rings. The molecule has 0 spiro atoms. The minimum atomic E-state index is -0.804. The van der Waals surface area contributed by atoms with E-state index in [1.807, 2.05) is 0 Å². The van der Waals surface area contributed by atoms with E-state index >= 15 is 0 Å². The highest BCUT2D eigenvalue weighted by Crippen LogP contribution is 2.33. The van der Waals surface area contributed by atoms with Gasteiger partial charge in [-0.3, -0.25) is 4.79 Å². The lowest BCUT2D eigenvalue weighted by Crippen LogP contribution is -2.19. The molecule has 7 heteroatoms. The van der Waals surface area contributed by atoms with Crippen molar-refractivity contribution in [3.8, 4) is 5.75 Å². The van der Waals surface area contributed by atoms with E-state index in [9.17, 15) is 9.59 Å². The van der Waals surface area contributed by atoms with Crippen molar-refractivity contribution in [2.75, 3.05) is 6.61 Å². The van der Waals surface area contributed by atoms with E-state index in [2.05, 4.69) is 11.7 Å². The molecule has 0 saturated heterocycles. The highest BCUT2D eigenvalue weighted by atomic mass is 35.5. The Bertz CT molecular complexity index is 503. The molecule has 0 unspecified atom stereocenters. The van der Waals surface area contributed by atoms with Crippen LogP contribution >= 0.6 is 34.8 Å². The number of ether oxygens (including phenoxy) is 2. The fourth-order valence-electron chi connectivity index (χ4n) is 1.23. The predicted octanol–water partition coefficient (Wildman–Crippen LogP) is 4.10. The highest BCUT2D eigenvalue weighted by Gasteiger charge is 2.13. The molecule has 1 aromatic rings. The average molecular weight is 339 g/mol. The van der Waals surface area contributed by atoms with Gasteiger partial charge in [0.05, 0.1) is 15.1 Å². The maximum absolute atomic E-state index is 11.4. The molecule has 20 heavy (non-hydrogen) atoms. The molecule has 0 N–H and O–H groups in total. The summed E-state index contributed by atoms with van der Waals surface area (Å²) < 4.78 is 9.66. The number of unbranched alkanes of at least 4 members (excludes halogenated alkanes) is 1. The van der Waals surface area contributed by atoms with Crippen LogP contribution in [0, 0.1) is 6.92 Å². The van der Waals surface area contributed by atoms with Crippen LogP contribution in [-0.2, 0) is 14.3 Å². The molecule has 4 nitrogen and oxygen atoms in total. The molecule has 0 saturated carbocycles. The number of halogens is 3. The molecular formula is C13H12Cl3O4. The summed E-state index contributed by atoms with van der Waals surface area (Å²) in [6.07, 6.45) is 1.30. The first-order valence-electron chi connectivity index (χ1n) is 5.74. The Labute approximate surface area is 131 Å². The summed E-state index contributed by atoms with van der Waals surface area (Å²) in [5.74, 6) is -1.23. The number of rotatable bonds is 6. The first-order valence-corrected chi connectivity index (χ1v) is 6.87. The summed E-state index contributed by atoms with van der Waals surface area (Å²) in [5.41, 5.74) is 0. The Morgan fingerprint density at radius 3 is 2.35 bits per heavy atom. The van der Waals surface area contributed by atoms with Crippen LogP contribution in [0.15, 0.2) is 12.1 Å². The van der Waals surface area contributed by atoms with E-state index < -0.39 is 18.5 Å². The number of hydrogen-bond acceptors (Lipinski definition) is 4. The molecular weight excluding hydrogens is 326 g/mol. The van der Waals surface area contributed by atoms with Gasteiger partial charge in [-0.05, 0) is 12.5 Å². The van der Waals surface area contributed by atoms with Crippen LogP contribution in [0.1, 0.15) is 19.3 Å². The quantitative estimate of drug-likeness (QED) is 0.445. The van der Waals surface area contributed by atoms with Crippen LogP contribution in [-0.4, -0.2) is 18.5 Å². The minimum absolute atomic E-state index is 0.142. The third-order valence-electron chi connectivity index (χ3n) is 2.18. The summed E-state index contributed by atoms with van der Waals surface area (Å²) in [6.45, 7) is 3.13. The van der Waals surface area contributed by atoms with Crippen LogP contribution < -0.4 is 4.74 Å². The van der Waals surface area contributed by atoms with E-state index in [1.165, 1.54) is 12.1 Å². The van der Waals surface area contributed by atoms with Gasteiger partial charge in [-0.15, -0.1) is 0 Å². The zero-order chi connectivity index (χ0) is 15.1. The van der Waals surface area contributed by atoms with Crippen LogP contribution in [0.4, 0.5) is 0 Å². The second-order valence-electron chi connectivity index (χ2n) is 3.79. The standard InChI is InChI=1S/C13H12Cl3O4/c1-2-3-4-12(17)20-13(18)7-19-11-6-9(15)8(14)5-10(11)16/h5-6H,1-4,7H2. The van der Waals surface area contributed by atoms with Crippen molar-refractivity contribution in [2.45, 2.75) is 19.3 Å². The Morgan fingerprint density at radius 2 is 1.70 bits per heavy atom. The van der Waals surface area contributed by atoms with Gasteiger partial charge >= 0.3 is 11.9 Å². The van der Waals surface area contributed by atoms with E-state index in [0.29, 0.717) is 12.8 Å². The van der Waals surface area contributed by atoms with Crippen molar-refractivity contribution in [3.05, 3.63) is 34.1 Å². The predicted molar refractivity (Wildman–Crippen MR) is 77.3 cm³/mol. The van der Waals surface area contributed by atoms with Gasteiger partial charge < -0.3 is 9.47 Å². The van der Waals surface area contributed by atoms with Crippen LogP contribution in [0.2, 0.25) is 15.1 Å². The summed E-state index contributed by atoms with van der Waals surface area (Å²) in [7, 11) is 0. The third kappa shape index (κ3) is 5.57. The topological polar surface area (TPSA) is 52.6 Å². The zero-order valence-corrected chi connectivity index (χ0v) is 12.7. The number of carbonyl (C=O) groups excluding carboxylic acids is 2. The van der Waals surface area contributed by atoms with Crippen LogP contribution in [0.25, 0.3) is 0 Å². The largest absolute Gasteiger partial charge is 0.480 e. The molecule has 0 aromatic heterocycles. The van der Waals surface area contributed by atoms with E-state index in [-0.39, 0.29) is 27.2 Å². The lowest BCUT2D eigenvalue weighted by molar-refractivity contribution is -0.161. The molecule has 1 aromatic carbocycles. The maximum atomic E-state index is 11.4. The summed E-state index contributed by atoms with van der Waals surface area (Å²) in [6, 6.07) is 2.77. The third-order valence-corrected chi connectivity index (χ3v) is 3.20. The van der Waals surface area contributed by atoms with Crippen molar-refractivity contribution in [1.82, 2.24) is 0 Å². The molecule has 0 aliphatic carbocycles. The van der Waals surface area contributed by atoms with Gasteiger partial charge in [0.25, 0.3) is 0 Å². The van der Waals surface area contributed by atoms with Crippen LogP contribution in [0.3, 0.4) is 0 Å². The molecule has 0 bridgehead atoms. The number of hydrogen-bond donors (Lipinski definition) is 0. The van der Waals surface area contributed by atoms with E-state index in [1.54, 1.807) is 0 Å². The number of esters is 2. The van der Waals surface area contributed by atoms with Gasteiger partial charge in [0.1, 0.15) is 5.75 Å². The highest BCUT2D eigenvalue weighted by molar-refractivity contribution is 6.43. The van der Waals surface area contributed by atoms with E-state index in [4.69, 9.17) is 39.5 Å². The van der Waals surface area contributed by atoms with Gasteiger partial charge in [-0.1, -0.05) is 48.1 Å². The molecule has 0 amide bonds.